The Morgan fingerprint density at radius 2 is 1.81 bits per heavy atom. The smallest absolute Gasteiger partial charge is 0.368 e. The second-order valence-electron chi connectivity index (χ2n) is 6.91. The number of rotatable bonds is 5. The van der Waals surface area contributed by atoms with Gasteiger partial charge >= 0.3 is 5.69 Å². The van der Waals surface area contributed by atoms with Crippen molar-refractivity contribution in [2.75, 3.05) is 0 Å². The van der Waals surface area contributed by atoms with Gasteiger partial charge in [-0.3, -0.25) is 0 Å². The lowest BCUT2D eigenvalue weighted by Crippen LogP contribution is -2.23. The molecule has 31 heavy (non-hydrogen) atoms. The third kappa shape index (κ3) is 4.17. The van der Waals surface area contributed by atoms with E-state index < -0.39 is 0 Å². The third-order valence-electron chi connectivity index (χ3n) is 4.75. The van der Waals surface area contributed by atoms with E-state index in [0.717, 1.165) is 27.2 Å². The number of pyridine rings is 2. The van der Waals surface area contributed by atoms with Gasteiger partial charge in [0.25, 0.3) is 0 Å². The van der Waals surface area contributed by atoms with Crippen molar-refractivity contribution in [2.24, 2.45) is 7.05 Å². The van der Waals surface area contributed by atoms with Crippen LogP contribution in [0.1, 0.15) is 16.8 Å². The molecule has 0 N–H and O–H groups in total. The van der Waals surface area contributed by atoms with Gasteiger partial charge < -0.3 is 4.74 Å². The van der Waals surface area contributed by atoms with Crippen LogP contribution < -0.4 is 10.4 Å². The molecule has 8 nitrogen and oxygen atoms in total. The van der Waals surface area contributed by atoms with Crippen LogP contribution in [0.5, 0.6) is 5.88 Å². The van der Waals surface area contributed by atoms with Gasteiger partial charge in [-0.15, -0.1) is 0 Å². The van der Waals surface area contributed by atoms with Gasteiger partial charge in [0.2, 0.25) is 5.88 Å². The minimum Gasteiger partial charge on any atom is -0.472 e. The number of hydrogen-bond acceptors (Lipinski definition) is 6. The molecule has 0 aliphatic heterocycles. The molecule has 0 radical (unpaired) electrons. The van der Waals surface area contributed by atoms with E-state index in [1.54, 1.807) is 24.3 Å². The van der Waals surface area contributed by atoms with E-state index in [2.05, 4.69) is 20.4 Å². The van der Waals surface area contributed by atoms with Gasteiger partial charge in [-0.25, -0.2) is 14.8 Å². The standard InChI is InChI=1S/C21H18Cl2N6O2/c1-12-10-14(17-7-5-9-19(23)25-17)13(2)24-20(12)31-11-15-16(22)6-4-8-18(15)29-21(30)28(3)26-27-29/h4-10H,11H2,1-3H3. The highest BCUT2D eigenvalue weighted by Crippen LogP contribution is 2.29. The Kier molecular flexibility index (Phi) is 5.75. The first-order valence-electron chi connectivity index (χ1n) is 9.36. The van der Waals surface area contributed by atoms with Crippen LogP contribution >= 0.6 is 23.2 Å². The van der Waals surface area contributed by atoms with E-state index in [9.17, 15) is 4.79 Å². The molecule has 10 heteroatoms. The molecule has 0 saturated heterocycles. The Labute approximate surface area is 188 Å². The summed E-state index contributed by atoms with van der Waals surface area (Å²) in [5.74, 6) is 0.459. The third-order valence-corrected chi connectivity index (χ3v) is 5.31. The molecular formula is C21H18Cl2N6O2. The van der Waals surface area contributed by atoms with Gasteiger partial charge in [-0.1, -0.05) is 35.3 Å². The molecule has 158 valence electrons. The fourth-order valence-corrected chi connectivity index (χ4v) is 3.53. The van der Waals surface area contributed by atoms with E-state index in [0.29, 0.717) is 27.3 Å². The topological polar surface area (TPSA) is 87.7 Å². The Morgan fingerprint density at radius 3 is 2.52 bits per heavy atom. The van der Waals surface area contributed by atoms with Crippen molar-refractivity contribution in [3.63, 3.8) is 0 Å². The summed E-state index contributed by atoms with van der Waals surface area (Å²) in [6, 6.07) is 12.6. The number of tetrazole rings is 1. The lowest BCUT2D eigenvalue weighted by molar-refractivity contribution is 0.290. The minimum atomic E-state index is -0.382. The van der Waals surface area contributed by atoms with E-state index in [1.807, 2.05) is 32.0 Å². The van der Waals surface area contributed by atoms with E-state index in [1.165, 1.54) is 11.7 Å². The number of halogens is 2. The van der Waals surface area contributed by atoms with Gasteiger partial charge in [0.05, 0.1) is 17.1 Å². The Balaban J connectivity index is 1.66. The zero-order chi connectivity index (χ0) is 22.1. The summed E-state index contributed by atoms with van der Waals surface area (Å²) in [6.45, 7) is 3.88. The molecule has 0 spiro atoms. The molecule has 0 atom stereocenters. The van der Waals surface area contributed by atoms with Crippen LogP contribution in [-0.2, 0) is 13.7 Å². The summed E-state index contributed by atoms with van der Waals surface area (Å²) < 4.78 is 8.32. The summed E-state index contributed by atoms with van der Waals surface area (Å²) in [5.41, 5.74) is 3.91. The van der Waals surface area contributed by atoms with Crippen LogP contribution in [0.3, 0.4) is 0 Å². The average molecular weight is 457 g/mol. The van der Waals surface area contributed by atoms with Gasteiger partial charge in [-0.05, 0) is 54.6 Å². The highest BCUT2D eigenvalue weighted by Gasteiger charge is 2.16. The number of aromatic nitrogens is 6. The number of nitrogens with zero attached hydrogens (tertiary/aromatic N) is 6. The normalized spacial score (nSPS) is 11.0. The molecule has 0 saturated carbocycles. The van der Waals surface area contributed by atoms with Gasteiger partial charge in [-0.2, -0.15) is 9.36 Å². The van der Waals surface area contributed by atoms with Gasteiger partial charge in [0.1, 0.15) is 11.8 Å². The monoisotopic (exact) mass is 456 g/mol. The van der Waals surface area contributed by atoms with E-state index in [4.69, 9.17) is 27.9 Å². The summed E-state index contributed by atoms with van der Waals surface area (Å²) >= 11 is 12.4. The van der Waals surface area contributed by atoms with Crippen LogP contribution in [0.15, 0.2) is 47.3 Å². The van der Waals surface area contributed by atoms with Crippen molar-refractivity contribution in [1.82, 2.24) is 29.8 Å². The van der Waals surface area contributed by atoms with Crippen LogP contribution in [-0.4, -0.2) is 29.8 Å². The van der Waals surface area contributed by atoms with Crippen molar-refractivity contribution < 1.29 is 4.74 Å². The molecule has 4 rings (SSSR count). The molecule has 0 unspecified atom stereocenters. The van der Waals surface area contributed by atoms with Gasteiger partial charge in [0, 0.05) is 28.8 Å². The lowest BCUT2D eigenvalue weighted by Gasteiger charge is -2.14. The Morgan fingerprint density at radius 1 is 1.03 bits per heavy atom. The van der Waals surface area contributed by atoms with Crippen molar-refractivity contribution in [2.45, 2.75) is 20.5 Å². The molecule has 4 aromatic rings. The maximum atomic E-state index is 12.3. The van der Waals surface area contributed by atoms with Crippen LogP contribution in [0.2, 0.25) is 10.2 Å². The predicted octanol–water partition coefficient (Wildman–Crippen LogP) is 3.93. The molecule has 3 aromatic heterocycles. The second-order valence-corrected chi connectivity index (χ2v) is 7.71. The van der Waals surface area contributed by atoms with Crippen LogP contribution in [0.4, 0.5) is 0 Å². The highest BCUT2D eigenvalue weighted by molar-refractivity contribution is 6.31. The van der Waals surface area contributed by atoms with Crippen molar-refractivity contribution in [1.29, 1.82) is 0 Å². The summed E-state index contributed by atoms with van der Waals surface area (Å²) in [7, 11) is 1.53. The Hall–Kier alpha value is -3.23. The maximum absolute atomic E-state index is 12.3. The van der Waals surface area contributed by atoms with Gasteiger partial charge in [0.15, 0.2) is 0 Å². The quantitative estimate of drug-likeness (QED) is 0.422. The molecule has 0 fully saturated rings. The number of benzene rings is 1. The zero-order valence-corrected chi connectivity index (χ0v) is 18.5. The molecule has 0 bridgehead atoms. The zero-order valence-electron chi connectivity index (χ0n) is 17.0. The Bertz CT molecular complexity index is 1330. The first-order chi connectivity index (χ1) is 14.8. The molecule has 0 aliphatic carbocycles. The molecule has 1 aromatic carbocycles. The second kappa shape index (κ2) is 8.49. The van der Waals surface area contributed by atoms with E-state index >= 15 is 0 Å². The summed E-state index contributed by atoms with van der Waals surface area (Å²) in [6.07, 6.45) is 0. The fourth-order valence-electron chi connectivity index (χ4n) is 3.14. The number of ether oxygens (including phenoxy) is 1. The van der Waals surface area contributed by atoms with Crippen LogP contribution in [0.25, 0.3) is 16.9 Å². The maximum Gasteiger partial charge on any atom is 0.368 e. The average Bonchev–Trinajstić information content (AvgIpc) is 3.07. The van der Waals surface area contributed by atoms with Crippen molar-refractivity contribution in [3.05, 3.63) is 79.9 Å². The van der Waals surface area contributed by atoms with E-state index in [-0.39, 0.29) is 12.3 Å². The molecule has 0 amide bonds. The van der Waals surface area contributed by atoms with Crippen LogP contribution in [0, 0.1) is 13.8 Å². The molecular weight excluding hydrogens is 439 g/mol. The van der Waals surface area contributed by atoms with Crippen molar-refractivity contribution >= 4 is 23.2 Å². The minimum absolute atomic E-state index is 0.0973. The largest absolute Gasteiger partial charge is 0.472 e. The first-order valence-corrected chi connectivity index (χ1v) is 10.1. The first kappa shape index (κ1) is 21.0. The lowest BCUT2D eigenvalue weighted by atomic mass is 10.1. The van der Waals surface area contributed by atoms with Crippen molar-refractivity contribution in [3.8, 4) is 22.8 Å². The number of hydrogen-bond donors (Lipinski definition) is 0. The summed E-state index contributed by atoms with van der Waals surface area (Å²) in [5, 5.41) is 8.52. The SMILES string of the molecule is Cc1cc(-c2cccc(Cl)n2)c(C)nc1OCc1c(Cl)cccc1-n1nnn(C)c1=O. The summed E-state index contributed by atoms with van der Waals surface area (Å²) in [4.78, 5) is 21.2. The molecule has 3 heterocycles. The number of aryl methyl sites for hydroxylation is 3. The highest BCUT2D eigenvalue weighted by atomic mass is 35.5. The predicted molar refractivity (Wildman–Crippen MR) is 118 cm³/mol. The fraction of sp³-hybridized carbons (Fsp3) is 0.190. The molecule has 0 aliphatic rings.